The molecule has 10 aromatic rings. The van der Waals surface area contributed by atoms with Gasteiger partial charge in [0.05, 0.1) is 16.7 Å². The van der Waals surface area contributed by atoms with Gasteiger partial charge in [0, 0.05) is 27.8 Å². The van der Waals surface area contributed by atoms with E-state index in [2.05, 4.69) is 216 Å². The van der Waals surface area contributed by atoms with E-state index in [1.165, 1.54) is 65.6 Å². The number of hydrogen-bond acceptors (Lipinski definition) is 1. The molecule has 0 bridgehead atoms. The van der Waals surface area contributed by atoms with Gasteiger partial charge < -0.3 is 9.47 Å². The Labute approximate surface area is 303 Å². The monoisotopic (exact) mass is 662 g/mol. The normalized spacial score (nSPS) is 11.5. The lowest BCUT2D eigenvalue weighted by Gasteiger charge is -2.27. The minimum atomic E-state index is 1.10. The van der Waals surface area contributed by atoms with Crippen molar-refractivity contribution >= 4 is 60.4 Å². The first-order chi connectivity index (χ1) is 25.8. The van der Waals surface area contributed by atoms with Gasteiger partial charge in [-0.1, -0.05) is 152 Å². The van der Waals surface area contributed by atoms with Crippen molar-refractivity contribution in [1.82, 2.24) is 4.57 Å². The van der Waals surface area contributed by atoms with E-state index < -0.39 is 0 Å². The van der Waals surface area contributed by atoms with Crippen LogP contribution in [0.5, 0.6) is 0 Å². The highest BCUT2D eigenvalue weighted by Crippen LogP contribution is 2.45. The predicted molar refractivity (Wildman–Crippen MR) is 221 cm³/mol. The zero-order chi connectivity index (χ0) is 34.4. The molecule has 0 unspecified atom stereocenters. The number of para-hydroxylation sites is 2. The lowest BCUT2D eigenvalue weighted by atomic mass is 9.97. The fourth-order valence-electron chi connectivity index (χ4n) is 8.00. The molecule has 2 nitrogen and oxygen atoms in total. The third-order valence-electron chi connectivity index (χ3n) is 10.4. The number of benzene rings is 9. The molecule has 0 amide bonds. The topological polar surface area (TPSA) is 8.17 Å². The Morgan fingerprint density at radius 1 is 0.327 bits per heavy atom. The van der Waals surface area contributed by atoms with E-state index >= 15 is 0 Å². The maximum Gasteiger partial charge on any atom is 0.0562 e. The zero-order valence-corrected chi connectivity index (χ0v) is 28.5. The van der Waals surface area contributed by atoms with Crippen molar-refractivity contribution in [3.05, 3.63) is 206 Å². The zero-order valence-electron chi connectivity index (χ0n) is 28.5. The van der Waals surface area contributed by atoms with E-state index in [1.54, 1.807) is 0 Å². The molecule has 1 heterocycles. The maximum absolute atomic E-state index is 2.42. The quantitative estimate of drug-likeness (QED) is 0.172. The van der Waals surface area contributed by atoms with E-state index in [1.807, 2.05) is 0 Å². The molecule has 0 aliphatic rings. The molecular formula is C50H34N2. The highest BCUT2D eigenvalue weighted by Gasteiger charge is 2.21. The molecule has 0 radical (unpaired) electrons. The summed E-state index contributed by atoms with van der Waals surface area (Å²) in [5.74, 6) is 0. The molecule has 0 aliphatic heterocycles. The van der Waals surface area contributed by atoms with Crippen molar-refractivity contribution in [3.8, 4) is 27.9 Å². The Bertz CT molecular complexity index is 2750. The van der Waals surface area contributed by atoms with Crippen LogP contribution in [0.2, 0.25) is 0 Å². The molecule has 52 heavy (non-hydrogen) atoms. The van der Waals surface area contributed by atoms with Gasteiger partial charge in [-0.2, -0.15) is 0 Å². The Morgan fingerprint density at radius 2 is 0.788 bits per heavy atom. The van der Waals surface area contributed by atoms with Gasteiger partial charge >= 0.3 is 0 Å². The van der Waals surface area contributed by atoms with Gasteiger partial charge in [0.2, 0.25) is 0 Å². The van der Waals surface area contributed by atoms with Gasteiger partial charge in [0.25, 0.3) is 0 Å². The summed E-state index contributed by atoms with van der Waals surface area (Å²) in [4.78, 5) is 2.42. The molecule has 1 aromatic heterocycles. The maximum atomic E-state index is 2.42. The van der Waals surface area contributed by atoms with Crippen molar-refractivity contribution in [2.24, 2.45) is 0 Å². The highest BCUT2D eigenvalue weighted by atomic mass is 15.1. The first-order valence-electron chi connectivity index (χ1n) is 17.9. The molecular weight excluding hydrogens is 629 g/mol. The van der Waals surface area contributed by atoms with Crippen LogP contribution in [0, 0.1) is 0 Å². The van der Waals surface area contributed by atoms with Crippen molar-refractivity contribution < 1.29 is 0 Å². The second-order valence-electron chi connectivity index (χ2n) is 13.3. The summed E-state index contributed by atoms with van der Waals surface area (Å²) in [7, 11) is 0. The summed E-state index contributed by atoms with van der Waals surface area (Å²) >= 11 is 0. The Kier molecular flexibility index (Phi) is 7.18. The summed E-state index contributed by atoms with van der Waals surface area (Å²) in [5, 5.41) is 7.46. The molecule has 0 aliphatic carbocycles. The average molecular weight is 663 g/mol. The third-order valence-corrected chi connectivity index (χ3v) is 10.4. The van der Waals surface area contributed by atoms with Crippen LogP contribution < -0.4 is 4.90 Å². The van der Waals surface area contributed by atoms with Gasteiger partial charge in [-0.05, 0) is 98.4 Å². The van der Waals surface area contributed by atoms with Gasteiger partial charge in [0.1, 0.15) is 0 Å². The first kappa shape index (κ1) is 30.0. The summed E-state index contributed by atoms with van der Waals surface area (Å²) in [6.45, 7) is 0. The highest BCUT2D eigenvalue weighted by molar-refractivity contribution is 6.16. The summed E-state index contributed by atoms with van der Waals surface area (Å²) in [5.41, 5.74) is 11.7. The van der Waals surface area contributed by atoms with Gasteiger partial charge in [0.15, 0.2) is 0 Å². The van der Waals surface area contributed by atoms with E-state index in [-0.39, 0.29) is 0 Å². The van der Waals surface area contributed by atoms with Crippen LogP contribution in [0.15, 0.2) is 206 Å². The largest absolute Gasteiger partial charge is 0.310 e. The Hall–Kier alpha value is -6.90. The van der Waals surface area contributed by atoms with Crippen molar-refractivity contribution in [2.45, 2.75) is 0 Å². The SMILES string of the molecule is c1ccc(-n2c3ccccc3c3c(N(c4ccc(-c5cccc6ccccc56)cc4)c4ccc(-c5cccc6ccccc56)cc4)cccc32)cc1. The van der Waals surface area contributed by atoms with Gasteiger partial charge in [-0.3, -0.25) is 0 Å². The van der Waals surface area contributed by atoms with Crippen LogP contribution in [-0.4, -0.2) is 4.57 Å². The second-order valence-corrected chi connectivity index (χ2v) is 13.3. The summed E-state index contributed by atoms with van der Waals surface area (Å²) in [6, 6.07) is 74.7. The molecule has 0 saturated carbocycles. The average Bonchev–Trinajstić information content (AvgIpc) is 3.56. The van der Waals surface area contributed by atoms with Crippen molar-refractivity contribution in [1.29, 1.82) is 0 Å². The Morgan fingerprint density at radius 3 is 1.38 bits per heavy atom. The number of anilines is 3. The number of fused-ring (bicyclic) bond motifs is 5. The van der Waals surface area contributed by atoms with Gasteiger partial charge in [-0.25, -0.2) is 0 Å². The lowest BCUT2D eigenvalue weighted by Crippen LogP contribution is -2.10. The van der Waals surface area contributed by atoms with Crippen LogP contribution in [0.1, 0.15) is 0 Å². The minimum Gasteiger partial charge on any atom is -0.310 e. The molecule has 9 aromatic carbocycles. The Balaban J connectivity index is 1.17. The minimum absolute atomic E-state index is 1.10. The fraction of sp³-hybridized carbons (Fsp3) is 0. The van der Waals surface area contributed by atoms with E-state index in [0.717, 1.165) is 22.7 Å². The van der Waals surface area contributed by atoms with Crippen LogP contribution in [0.3, 0.4) is 0 Å². The lowest BCUT2D eigenvalue weighted by molar-refractivity contribution is 1.18. The van der Waals surface area contributed by atoms with E-state index in [9.17, 15) is 0 Å². The van der Waals surface area contributed by atoms with Crippen LogP contribution >= 0.6 is 0 Å². The molecule has 10 rings (SSSR count). The molecule has 2 heteroatoms. The summed E-state index contributed by atoms with van der Waals surface area (Å²) < 4.78 is 2.39. The predicted octanol–water partition coefficient (Wildman–Crippen LogP) is 13.9. The molecule has 0 spiro atoms. The van der Waals surface area contributed by atoms with Crippen molar-refractivity contribution in [3.63, 3.8) is 0 Å². The standard InChI is InChI=1S/C50H34N2/c1-2-17-39(18-3-1)52-47-24-9-8-21-46(47)50-48(25-12-26-49(50)52)51(40-31-27-37(28-32-40)44-22-10-15-35-13-4-6-19-42(35)44)41-33-29-38(30-34-41)45-23-11-16-36-14-5-7-20-43(36)45/h1-34H. The molecule has 0 atom stereocenters. The summed E-state index contributed by atoms with van der Waals surface area (Å²) in [6.07, 6.45) is 0. The number of aromatic nitrogens is 1. The molecule has 0 saturated heterocycles. The van der Waals surface area contributed by atoms with Crippen LogP contribution in [0.4, 0.5) is 17.1 Å². The second kappa shape index (κ2) is 12.5. The molecule has 0 fully saturated rings. The number of rotatable bonds is 6. The van der Waals surface area contributed by atoms with E-state index in [0.29, 0.717) is 0 Å². The van der Waals surface area contributed by atoms with Gasteiger partial charge in [-0.15, -0.1) is 0 Å². The van der Waals surface area contributed by atoms with Crippen molar-refractivity contribution in [2.75, 3.05) is 4.90 Å². The van der Waals surface area contributed by atoms with Crippen LogP contribution in [-0.2, 0) is 0 Å². The molecule has 0 N–H and O–H groups in total. The first-order valence-corrected chi connectivity index (χ1v) is 17.9. The van der Waals surface area contributed by atoms with E-state index in [4.69, 9.17) is 0 Å². The number of hydrogen-bond donors (Lipinski definition) is 0. The molecule has 244 valence electrons. The van der Waals surface area contributed by atoms with Crippen LogP contribution in [0.25, 0.3) is 71.3 Å². The smallest absolute Gasteiger partial charge is 0.0562 e. The fourth-order valence-corrected chi connectivity index (χ4v) is 8.00. The third kappa shape index (κ3) is 4.96. The number of nitrogens with zero attached hydrogens (tertiary/aromatic N) is 2.